The summed E-state index contributed by atoms with van der Waals surface area (Å²) in [6.45, 7) is 0. The summed E-state index contributed by atoms with van der Waals surface area (Å²) in [6.07, 6.45) is 1.68. The van der Waals surface area contributed by atoms with E-state index in [1.54, 1.807) is 12.3 Å². The van der Waals surface area contributed by atoms with Crippen LogP contribution in [0, 0.1) is 11.3 Å². The lowest BCUT2D eigenvalue weighted by molar-refractivity contribution is 0.929. The lowest BCUT2D eigenvalue weighted by Gasteiger charge is -2.07. The van der Waals surface area contributed by atoms with Crippen LogP contribution in [-0.2, 0) is 0 Å². The van der Waals surface area contributed by atoms with Crippen molar-refractivity contribution in [3.63, 3.8) is 0 Å². The number of pyridine rings is 1. The Hall–Kier alpha value is -2.12. The fourth-order valence-corrected chi connectivity index (χ4v) is 1.50. The number of nitrogen functional groups attached to an aromatic ring is 1. The Labute approximate surface area is 87.1 Å². The van der Waals surface area contributed by atoms with Crippen LogP contribution in [0.4, 0.5) is 5.69 Å². The normalized spacial score (nSPS) is 12.3. The van der Waals surface area contributed by atoms with Gasteiger partial charge in [0.05, 0.1) is 17.3 Å². The molecule has 0 bridgehead atoms. The average Bonchev–Trinajstić information content (AvgIpc) is 2.28. The van der Waals surface area contributed by atoms with Gasteiger partial charge in [-0.25, -0.2) is 0 Å². The first-order valence-corrected chi connectivity index (χ1v) is 4.51. The van der Waals surface area contributed by atoms with E-state index in [9.17, 15) is 0 Å². The lowest BCUT2D eigenvalue weighted by atomic mass is 10.0. The molecule has 1 aromatic heterocycles. The third-order valence-corrected chi connectivity index (χ3v) is 2.25. The Balaban J connectivity index is 2.68. The van der Waals surface area contributed by atoms with Gasteiger partial charge in [-0.2, -0.15) is 5.26 Å². The van der Waals surface area contributed by atoms with E-state index in [0.29, 0.717) is 5.69 Å². The number of nitriles is 1. The summed E-state index contributed by atoms with van der Waals surface area (Å²) in [4.78, 5) is 4.16. The Morgan fingerprint density at radius 2 is 2.20 bits per heavy atom. The quantitative estimate of drug-likeness (QED) is 0.677. The Kier molecular flexibility index (Phi) is 2.24. The van der Waals surface area contributed by atoms with Gasteiger partial charge in [0.25, 0.3) is 0 Å². The highest BCUT2D eigenvalue weighted by molar-refractivity contribution is 5.90. The number of nitrogens with two attached hydrogens (primary N) is 2. The van der Waals surface area contributed by atoms with E-state index < -0.39 is 6.04 Å². The average molecular weight is 198 g/mol. The van der Waals surface area contributed by atoms with E-state index in [-0.39, 0.29) is 0 Å². The lowest BCUT2D eigenvalue weighted by Crippen LogP contribution is -2.07. The zero-order valence-electron chi connectivity index (χ0n) is 8.01. The summed E-state index contributed by atoms with van der Waals surface area (Å²) in [5.41, 5.74) is 13.4. The predicted molar refractivity (Wildman–Crippen MR) is 58.7 cm³/mol. The van der Waals surface area contributed by atoms with Crippen LogP contribution in [0.5, 0.6) is 0 Å². The fourth-order valence-electron chi connectivity index (χ4n) is 1.50. The molecule has 0 aliphatic rings. The number of anilines is 1. The van der Waals surface area contributed by atoms with Crippen LogP contribution in [0.1, 0.15) is 11.6 Å². The Bertz CT molecular complexity index is 542. The molecule has 0 amide bonds. The number of nitrogens with zero attached hydrogens (tertiary/aromatic N) is 2. The molecule has 0 aliphatic carbocycles. The standard InChI is InChI=1S/C11H10N4/c12-6-10(14)8-4-7-2-1-3-15-11(7)9(13)5-8/h1-5,10H,13-14H2. The highest BCUT2D eigenvalue weighted by atomic mass is 14.7. The second kappa shape index (κ2) is 3.56. The Morgan fingerprint density at radius 1 is 1.40 bits per heavy atom. The van der Waals surface area contributed by atoms with Gasteiger partial charge in [-0.1, -0.05) is 6.07 Å². The second-order valence-corrected chi connectivity index (χ2v) is 3.29. The molecular formula is C11H10N4. The van der Waals surface area contributed by atoms with E-state index in [1.165, 1.54) is 0 Å². The van der Waals surface area contributed by atoms with Crippen LogP contribution in [0.15, 0.2) is 30.5 Å². The SMILES string of the molecule is N#CC(N)c1cc(N)c2ncccc2c1. The molecule has 4 nitrogen and oxygen atoms in total. The fraction of sp³-hybridized carbons (Fsp3) is 0.0909. The molecule has 1 heterocycles. The number of aromatic nitrogens is 1. The van der Waals surface area contributed by atoms with Crippen LogP contribution in [-0.4, -0.2) is 4.98 Å². The third kappa shape index (κ3) is 1.60. The molecule has 4 heteroatoms. The number of fused-ring (bicyclic) bond motifs is 1. The molecule has 2 rings (SSSR count). The zero-order valence-corrected chi connectivity index (χ0v) is 8.01. The smallest absolute Gasteiger partial charge is 0.118 e. The molecule has 0 saturated heterocycles. The molecule has 0 aliphatic heterocycles. The van der Waals surface area contributed by atoms with Crippen LogP contribution >= 0.6 is 0 Å². The Morgan fingerprint density at radius 3 is 2.93 bits per heavy atom. The van der Waals surface area contributed by atoms with Crippen molar-refractivity contribution in [1.29, 1.82) is 5.26 Å². The maximum atomic E-state index is 8.72. The minimum atomic E-state index is -0.642. The van der Waals surface area contributed by atoms with Crippen molar-refractivity contribution in [2.75, 3.05) is 5.73 Å². The molecule has 1 aromatic carbocycles. The van der Waals surface area contributed by atoms with Gasteiger partial charge < -0.3 is 11.5 Å². The minimum Gasteiger partial charge on any atom is -0.397 e. The molecule has 1 unspecified atom stereocenters. The van der Waals surface area contributed by atoms with Crippen molar-refractivity contribution in [2.24, 2.45) is 5.73 Å². The molecule has 0 fully saturated rings. The maximum Gasteiger partial charge on any atom is 0.118 e. The van der Waals surface area contributed by atoms with Crippen molar-refractivity contribution >= 4 is 16.6 Å². The molecule has 74 valence electrons. The van der Waals surface area contributed by atoms with Crippen molar-refractivity contribution in [3.8, 4) is 6.07 Å². The van der Waals surface area contributed by atoms with Crippen molar-refractivity contribution in [2.45, 2.75) is 6.04 Å². The van der Waals surface area contributed by atoms with Gasteiger partial charge in [0, 0.05) is 11.6 Å². The minimum absolute atomic E-state index is 0.550. The molecule has 4 N–H and O–H groups in total. The highest BCUT2D eigenvalue weighted by Crippen LogP contribution is 2.23. The van der Waals surface area contributed by atoms with Gasteiger partial charge in [-0.05, 0) is 23.8 Å². The van der Waals surface area contributed by atoms with Crippen LogP contribution < -0.4 is 11.5 Å². The topological polar surface area (TPSA) is 88.7 Å². The van der Waals surface area contributed by atoms with Gasteiger partial charge in [-0.3, -0.25) is 4.98 Å². The van der Waals surface area contributed by atoms with Gasteiger partial charge in [0.15, 0.2) is 0 Å². The summed E-state index contributed by atoms with van der Waals surface area (Å²) >= 11 is 0. The zero-order chi connectivity index (χ0) is 10.8. The summed E-state index contributed by atoms with van der Waals surface area (Å²) in [5, 5.41) is 9.62. The predicted octanol–water partition coefficient (Wildman–Crippen LogP) is 1.34. The number of hydrogen-bond acceptors (Lipinski definition) is 4. The summed E-state index contributed by atoms with van der Waals surface area (Å²) in [6, 6.07) is 8.59. The summed E-state index contributed by atoms with van der Waals surface area (Å²) in [5.74, 6) is 0. The molecular weight excluding hydrogens is 188 g/mol. The molecule has 1 atom stereocenters. The monoisotopic (exact) mass is 198 g/mol. The highest BCUT2D eigenvalue weighted by Gasteiger charge is 2.07. The van der Waals surface area contributed by atoms with E-state index in [0.717, 1.165) is 16.5 Å². The van der Waals surface area contributed by atoms with Crippen molar-refractivity contribution < 1.29 is 0 Å². The van der Waals surface area contributed by atoms with Crippen LogP contribution in [0.2, 0.25) is 0 Å². The van der Waals surface area contributed by atoms with Gasteiger partial charge >= 0.3 is 0 Å². The molecule has 15 heavy (non-hydrogen) atoms. The summed E-state index contributed by atoms with van der Waals surface area (Å²) < 4.78 is 0. The van der Waals surface area contributed by atoms with Crippen LogP contribution in [0.3, 0.4) is 0 Å². The maximum absolute atomic E-state index is 8.72. The van der Waals surface area contributed by atoms with Crippen LogP contribution in [0.25, 0.3) is 10.9 Å². The van der Waals surface area contributed by atoms with E-state index >= 15 is 0 Å². The molecule has 0 radical (unpaired) electrons. The molecule has 0 saturated carbocycles. The molecule has 0 spiro atoms. The van der Waals surface area contributed by atoms with Crippen molar-refractivity contribution in [3.05, 3.63) is 36.0 Å². The molecule has 2 aromatic rings. The van der Waals surface area contributed by atoms with Gasteiger partial charge in [-0.15, -0.1) is 0 Å². The number of rotatable bonds is 1. The van der Waals surface area contributed by atoms with E-state index in [1.807, 2.05) is 24.3 Å². The first kappa shape index (κ1) is 9.44. The van der Waals surface area contributed by atoms with Gasteiger partial charge in [0.1, 0.15) is 6.04 Å². The first-order valence-electron chi connectivity index (χ1n) is 4.51. The third-order valence-electron chi connectivity index (χ3n) is 2.25. The van der Waals surface area contributed by atoms with Crippen molar-refractivity contribution in [1.82, 2.24) is 4.98 Å². The van der Waals surface area contributed by atoms with E-state index in [2.05, 4.69) is 4.98 Å². The second-order valence-electron chi connectivity index (χ2n) is 3.29. The number of hydrogen-bond donors (Lipinski definition) is 2. The first-order chi connectivity index (χ1) is 7.22. The van der Waals surface area contributed by atoms with E-state index in [4.69, 9.17) is 16.7 Å². The number of benzene rings is 1. The summed E-state index contributed by atoms with van der Waals surface area (Å²) in [7, 11) is 0. The largest absolute Gasteiger partial charge is 0.397 e. The van der Waals surface area contributed by atoms with Gasteiger partial charge in [0.2, 0.25) is 0 Å².